The van der Waals surface area contributed by atoms with Crippen molar-refractivity contribution in [3.63, 3.8) is 0 Å². The summed E-state index contributed by atoms with van der Waals surface area (Å²) in [4.78, 5) is 14.4. The minimum Gasteiger partial charge on any atom is -0.339 e. The monoisotopic (exact) mass is 368 g/mol. The molecule has 1 heterocycles. The molecule has 5 heteroatoms. The molecule has 0 radical (unpaired) electrons. The van der Waals surface area contributed by atoms with Crippen LogP contribution in [0.5, 0.6) is 0 Å². The number of benzene rings is 2. The summed E-state index contributed by atoms with van der Waals surface area (Å²) in [7, 11) is 0. The molecule has 3 nitrogen and oxygen atoms in total. The van der Waals surface area contributed by atoms with E-state index in [0.29, 0.717) is 0 Å². The van der Waals surface area contributed by atoms with Gasteiger partial charge < -0.3 is 10.6 Å². The second-order valence-corrected chi connectivity index (χ2v) is 6.25. The van der Waals surface area contributed by atoms with Crippen molar-refractivity contribution in [1.82, 2.24) is 4.90 Å². The SMILES string of the molecule is Cl.NC1CCN(C(=O)c2ccc3cc(Br)ccc3c2)CC1. The molecule has 0 bridgehead atoms. The number of fused-ring (bicyclic) bond motifs is 1. The molecule has 2 aromatic carbocycles. The molecule has 1 aliphatic rings. The number of nitrogens with zero attached hydrogens (tertiary/aromatic N) is 1. The molecule has 2 N–H and O–H groups in total. The summed E-state index contributed by atoms with van der Waals surface area (Å²) >= 11 is 3.46. The molecule has 0 spiro atoms. The van der Waals surface area contributed by atoms with E-state index in [-0.39, 0.29) is 24.4 Å². The molecule has 0 aliphatic carbocycles. The Kier molecular flexibility index (Phi) is 5.25. The normalized spacial score (nSPS) is 15.8. The maximum Gasteiger partial charge on any atom is 0.253 e. The fourth-order valence-electron chi connectivity index (χ4n) is 2.63. The number of hydrogen-bond donors (Lipinski definition) is 1. The van der Waals surface area contributed by atoms with Gasteiger partial charge in [-0.2, -0.15) is 0 Å². The Labute approximate surface area is 139 Å². The number of likely N-dealkylation sites (tertiary alicyclic amines) is 1. The zero-order valence-corrected chi connectivity index (χ0v) is 14.0. The summed E-state index contributed by atoms with van der Waals surface area (Å²) in [5, 5.41) is 2.23. The Morgan fingerprint density at radius 1 is 1.10 bits per heavy atom. The summed E-state index contributed by atoms with van der Waals surface area (Å²) in [5.41, 5.74) is 6.64. The second kappa shape index (κ2) is 6.77. The minimum atomic E-state index is 0. The van der Waals surface area contributed by atoms with Gasteiger partial charge in [0, 0.05) is 29.2 Å². The molecule has 112 valence electrons. The first-order valence-corrected chi connectivity index (χ1v) is 7.67. The first kappa shape index (κ1) is 16.3. The van der Waals surface area contributed by atoms with E-state index in [1.165, 1.54) is 0 Å². The highest BCUT2D eigenvalue weighted by atomic mass is 79.9. The van der Waals surface area contributed by atoms with Crippen LogP contribution in [0.25, 0.3) is 10.8 Å². The highest BCUT2D eigenvalue weighted by Gasteiger charge is 2.21. The average molecular weight is 370 g/mol. The molecule has 0 saturated carbocycles. The Balaban J connectivity index is 0.00000161. The van der Waals surface area contributed by atoms with Crippen LogP contribution in [0.1, 0.15) is 23.2 Å². The van der Waals surface area contributed by atoms with Crippen molar-refractivity contribution >= 4 is 45.0 Å². The van der Waals surface area contributed by atoms with Gasteiger partial charge in [0.1, 0.15) is 0 Å². The van der Waals surface area contributed by atoms with Gasteiger partial charge in [-0.15, -0.1) is 12.4 Å². The molecule has 2 aromatic rings. The maximum absolute atomic E-state index is 12.5. The summed E-state index contributed by atoms with van der Waals surface area (Å²) in [6.07, 6.45) is 1.79. The van der Waals surface area contributed by atoms with Crippen LogP contribution in [-0.2, 0) is 0 Å². The molecule has 0 atom stereocenters. The molecule has 1 saturated heterocycles. The number of carbonyl (C=O) groups is 1. The highest BCUT2D eigenvalue weighted by Crippen LogP contribution is 2.22. The summed E-state index contributed by atoms with van der Waals surface area (Å²) < 4.78 is 1.05. The lowest BCUT2D eigenvalue weighted by molar-refractivity contribution is 0.0715. The summed E-state index contributed by atoms with van der Waals surface area (Å²) in [6.45, 7) is 1.52. The zero-order valence-electron chi connectivity index (χ0n) is 11.6. The van der Waals surface area contributed by atoms with Crippen molar-refractivity contribution in [2.24, 2.45) is 5.73 Å². The smallest absolute Gasteiger partial charge is 0.253 e. The molecule has 1 amide bonds. The van der Waals surface area contributed by atoms with Crippen LogP contribution in [0.15, 0.2) is 40.9 Å². The largest absolute Gasteiger partial charge is 0.339 e. The van der Waals surface area contributed by atoms with Crippen molar-refractivity contribution in [2.75, 3.05) is 13.1 Å². The predicted molar refractivity (Wildman–Crippen MR) is 92.0 cm³/mol. The summed E-state index contributed by atoms with van der Waals surface area (Å²) in [6, 6.07) is 12.2. The van der Waals surface area contributed by atoms with Gasteiger partial charge in [0.25, 0.3) is 5.91 Å². The molecule has 1 fully saturated rings. The van der Waals surface area contributed by atoms with Gasteiger partial charge in [0.05, 0.1) is 0 Å². The average Bonchev–Trinajstić information content (AvgIpc) is 2.47. The zero-order chi connectivity index (χ0) is 14.1. The number of rotatable bonds is 1. The third kappa shape index (κ3) is 3.57. The van der Waals surface area contributed by atoms with Gasteiger partial charge in [-0.05, 0) is 47.9 Å². The van der Waals surface area contributed by atoms with E-state index >= 15 is 0 Å². The number of halogens is 2. The van der Waals surface area contributed by atoms with Crippen LogP contribution in [0.2, 0.25) is 0 Å². The first-order chi connectivity index (χ1) is 9.63. The van der Waals surface area contributed by atoms with Crippen molar-refractivity contribution in [2.45, 2.75) is 18.9 Å². The van der Waals surface area contributed by atoms with E-state index in [9.17, 15) is 4.79 Å². The lowest BCUT2D eigenvalue weighted by Gasteiger charge is -2.30. The minimum absolute atomic E-state index is 0. The Morgan fingerprint density at radius 3 is 2.43 bits per heavy atom. The van der Waals surface area contributed by atoms with Crippen LogP contribution < -0.4 is 5.73 Å². The maximum atomic E-state index is 12.5. The standard InChI is InChI=1S/C16H17BrN2O.ClH/c17-14-4-3-11-9-13(2-1-12(11)10-14)16(20)19-7-5-15(18)6-8-19;/h1-4,9-10,15H,5-8,18H2;1H. The van der Waals surface area contributed by atoms with E-state index in [4.69, 9.17) is 5.73 Å². The predicted octanol–water partition coefficient (Wildman–Crippen LogP) is 3.59. The van der Waals surface area contributed by atoms with Gasteiger partial charge in [-0.25, -0.2) is 0 Å². The lowest BCUT2D eigenvalue weighted by atomic mass is 10.0. The van der Waals surface area contributed by atoms with Crippen molar-refractivity contribution in [3.05, 3.63) is 46.4 Å². The molecule has 0 unspecified atom stereocenters. The van der Waals surface area contributed by atoms with Gasteiger partial charge in [-0.1, -0.05) is 28.1 Å². The first-order valence-electron chi connectivity index (χ1n) is 6.88. The number of piperidine rings is 1. The van der Waals surface area contributed by atoms with Crippen molar-refractivity contribution in [1.29, 1.82) is 0 Å². The van der Waals surface area contributed by atoms with Gasteiger partial charge in [0.15, 0.2) is 0 Å². The molecule has 0 aromatic heterocycles. The van der Waals surface area contributed by atoms with Crippen LogP contribution in [0, 0.1) is 0 Å². The van der Waals surface area contributed by atoms with Gasteiger partial charge >= 0.3 is 0 Å². The van der Waals surface area contributed by atoms with Gasteiger partial charge in [0.2, 0.25) is 0 Å². The van der Waals surface area contributed by atoms with Crippen LogP contribution in [-0.4, -0.2) is 29.9 Å². The van der Waals surface area contributed by atoms with E-state index in [1.54, 1.807) is 0 Å². The van der Waals surface area contributed by atoms with Gasteiger partial charge in [-0.3, -0.25) is 4.79 Å². The fraction of sp³-hybridized carbons (Fsp3) is 0.312. The second-order valence-electron chi connectivity index (χ2n) is 5.34. The fourth-order valence-corrected chi connectivity index (χ4v) is 3.01. The molecule has 21 heavy (non-hydrogen) atoms. The topological polar surface area (TPSA) is 46.3 Å². The van der Waals surface area contributed by atoms with E-state index < -0.39 is 0 Å². The number of amides is 1. The Morgan fingerprint density at radius 2 is 1.71 bits per heavy atom. The van der Waals surface area contributed by atoms with Crippen LogP contribution in [0.4, 0.5) is 0 Å². The highest BCUT2D eigenvalue weighted by molar-refractivity contribution is 9.10. The third-order valence-electron chi connectivity index (χ3n) is 3.88. The van der Waals surface area contributed by atoms with Crippen molar-refractivity contribution < 1.29 is 4.79 Å². The molecule has 3 rings (SSSR count). The molecular formula is C16H18BrClN2O. The quantitative estimate of drug-likeness (QED) is 0.835. The summed E-state index contributed by atoms with van der Waals surface area (Å²) in [5.74, 6) is 0.113. The van der Waals surface area contributed by atoms with E-state index in [0.717, 1.165) is 46.7 Å². The molecular weight excluding hydrogens is 352 g/mol. The number of carbonyl (C=O) groups excluding carboxylic acids is 1. The van der Waals surface area contributed by atoms with E-state index in [2.05, 4.69) is 22.0 Å². The molecule has 1 aliphatic heterocycles. The number of nitrogens with two attached hydrogens (primary N) is 1. The van der Waals surface area contributed by atoms with Crippen molar-refractivity contribution in [3.8, 4) is 0 Å². The van der Waals surface area contributed by atoms with Crippen LogP contribution >= 0.6 is 28.3 Å². The Hall–Kier alpha value is -1.10. The van der Waals surface area contributed by atoms with E-state index in [1.807, 2.05) is 35.2 Å². The lowest BCUT2D eigenvalue weighted by Crippen LogP contribution is -2.42. The van der Waals surface area contributed by atoms with Crippen LogP contribution in [0.3, 0.4) is 0 Å². The number of hydrogen-bond acceptors (Lipinski definition) is 2. The Bertz CT molecular complexity index is 654. The third-order valence-corrected chi connectivity index (χ3v) is 4.37.